The van der Waals surface area contributed by atoms with Crippen LogP contribution in [0.2, 0.25) is 0 Å². The van der Waals surface area contributed by atoms with Crippen molar-refractivity contribution in [1.29, 1.82) is 0 Å². The van der Waals surface area contributed by atoms with Crippen LogP contribution in [0.5, 0.6) is 0 Å². The molecule has 208 valence electrons. The van der Waals surface area contributed by atoms with Crippen molar-refractivity contribution in [2.24, 2.45) is 0 Å². The second kappa shape index (κ2) is 13.8. The summed E-state index contributed by atoms with van der Waals surface area (Å²) in [6.07, 6.45) is -0.598. The standard InChI is InChI=1S/C24H29F3N2O2S.C2H2O4/c25-24(26,27)18-7-8-23-21(17-18)29(20-5-1-2-6-22(20)32-23)12-3-11-28-13-9-19(10-14-28)31-16-4-15-30;3-1(4)2(5)6/h1-2,5-8,17,19,30H,3-4,9-16H2;(H,3,4)(H,5,6). The molecule has 0 aromatic heterocycles. The van der Waals surface area contributed by atoms with Crippen molar-refractivity contribution in [1.82, 2.24) is 4.90 Å². The Balaban J connectivity index is 0.000000599. The van der Waals surface area contributed by atoms with E-state index in [1.807, 2.05) is 29.2 Å². The lowest BCUT2D eigenvalue weighted by molar-refractivity contribution is -0.159. The van der Waals surface area contributed by atoms with Crippen LogP contribution in [-0.4, -0.2) is 77.7 Å². The number of alkyl halides is 3. The molecular formula is C26H31F3N2O6S. The van der Waals surface area contributed by atoms with Crippen LogP contribution in [0.1, 0.15) is 31.2 Å². The molecule has 1 saturated heterocycles. The minimum atomic E-state index is -4.36. The first-order chi connectivity index (χ1) is 18.1. The number of piperidine rings is 1. The van der Waals surface area contributed by atoms with Crippen LogP contribution in [0.3, 0.4) is 0 Å². The molecule has 0 atom stereocenters. The number of halogens is 3. The van der Waals surface area contributed by atoms with E-state index in [0.717, 1.165) is 54.4 Å². The lowest BCUT2D eigenvalue weighted by Gasteiger charge is -2.35. The van der Waals surface area contributed by atoms with Crippen molar-refractivity contribution in [3.63, 3.8) is 0 Å². The quantitative estimate of drug-likeness (QED) is 0.314. The van der Waals surface area contributed by atoms with Crippen molar-refractivity contribution < 1.29 is 42.8 Å². The number of fused-ring (bicyclic) bond motifs is 2. The molecule has 2 heterocycles. The Morgan fingerprint density at radius 3 is 2.24 bits per heavy atom. The first kappa shape index (κ1) is 29.8. The van der Waals surface area contributed by atoms with Gasteiger partial charge in [-0.2, -0.15) is 13.2 Å². The summed E-state index contributed by atoms with van der Waals surface area (Å²) in [5, 5.41) is 23.7. The van der Waals surface area contributed by atoms with Gasteiger partial charge >= 0.3 is 18.1 Å². The predicted molar refractivity (Wildman–Crippen MR) is 136 cm³/mol. The Morgan fingerprint density at radius 1 is 0.947 bits per heavy atom. The summed E-state index contributed by atoms with van der Waals surface area (Å²) in [5.41, 5.74) is 1.00. The monoisotopic (exact) mass is 556 g/mol. The summed E-state index contributed by atoms with van der Waals surface area (Å²) >= 11 is 1.53. The number of carbonyl (C=O) groups is 2. The smallest absolute Gasteiger partial charge is 0.416 e. The fraction of sp³-hybridized carbons (Fsp3) is 0.462. The van der Waals surface area contributed by atoms with Crippen molar-refractivity contribution in [2.45, 2.75) is 47.8 Å². The molecule has 2 aliphatic rings. The molecule has 0 amide bonds. The van der Waals surface area contributed by atoms with E-state index >= 15 is 0 Å². The largest absolute Gasteiger partial charge is 0.473 e. The maximum atomic E-state index is 13.4. The first-order valence-electron chi connectivity index (χ1n) is 12.3. The second-order valence-electron chi connectivity index (χ2n) is 8.85. The maximum absolute atomic E-state index is 13.4. The number of aliphatic hydroxyl groups is 1. The lowest BCUT2D eigenvalue weighted by Crippen LogP contribution is -2.38. The van der Waals surface area contributed by atoms with E-state index in [4.69, 9.17) is 29.6 Å². The number of likely N-dealkylation sites (tertiary alicyclic amines) is 1. The third-order valence-electron chi connectivity index (χ3n) is 6.18. The number of aliphatic hydroxyl groups excluding tert-OH is 1. The van der Waals surface area contributed by atoms with Crippen LogP contribution >= 0.6 is 11.8 Å². The number of carboxylic acids is 2. The predicted octanol–water partition coefficient (Wildman–Crippen LogP) is 4.72. The zero-order valence-corrected chi connectivity index (χ0v) is 21.5. The molecule has 0 bridgehead atoms. The summed E-state index contributed by atoms with van der Waals surface area (Å²) in [6.45, 7) is 4.26. The van der Waals surface area contributed by atoms with Gasteiger partial charge in [0.05, 0.1) is 23.0 Å². The van der Waals surface area contributed by atoms with Gasteiger partial charge < -0.3 is 29.9 Å². The zero-order chi connectivity index (χ0) is 27.7. The number of anilines is 2. The molecule has 4 rings (SSSR count). The highest BCUT2D eigenvalue weighted by Crippen LogP contribution is 2.49. The van der Waals surface area contributed by atoms with E-state index in [2.05, 4.69) is 4.90 Å². The number of ether oxygens (including phenoxy) is 1. The second-order valence-corrected chi connectivity index (χ2v) is 9.94. The molecule has 2 aromatic carbocycles. The lowest BCUT2D eigenvalue weighted by atomic mass is 10.1. The van der Waals surface area contributed by atoms with E-state index in [1.54, 1.807) is 6.07 Å². The average Bonchev–Trinajstić information content (AvgIpc) is 2.89. The molecule has 12 heteroatoms. The van der Waals surface area contributed by atoms with Crippen LogP contribution in [0.25, 0.3) is 0 Å². The molecule has 0 unspecified atom stereocenters. The van der Waals surface area contributed by atoms with Gasteiger partial charge in [-0.25, -0.2) is 9.59 Å². The third-order valence-corrected chi connectivity index (χ3v) is 7.31. The molecule has 3 N–H and O–H groups in total. The number of nitrogens with zero attached hydrogens (tertiary/aromatic N) is 2. The van der Waals surface area contributed by atoms with Gasteiger partial charge in [-0.15, -0.1) is 0 Å². The third kappa shape index (κ3) is 8.35. The molecule has 2 aromatic rings. The van der Waals surface area contributed by atoms with Gasteiger partial charge in [-0.3, -0.25) is 0 Å². The summed E-state index contributed by atoms with van der Waals surface area (Å²) in [7, 11) is 0. The minimum Gasteiger partial charge on any atom is -0.473 e. The Kier molecular flexibility index (Phi) is 10.8. The number of carboxylic acid groups (broad SMARTS) is 2. The molecule has 38 heavy (non-hydrogen) atoms. The molecule has 2 aliphatic heterocycles. The van der Waals surface area contributed by atoms with Crippen molar-refractivity contribution in [2.75, 3.05) is 44.3 Å². The van der Waals surface area contributed by atoms with Gasteiger partial charge in [0, 0.05) is 42.6 Å². The fourth-order valence-corrected chi connectivity index (χ4v) is 5.39. The highest BCUT2D eigenvalue weighted by atomic mass is 32.2. The molecule has 0 spiro atoms. The number of para-hydroxylation sites is 1. The van der Waals surface area contributed by atoms with Crippen LogP contribution in [0, 0.1) is 0 Å². The summed E-state index contributed by atoms with van der Waals surface area (Å²) in [4.78, 5) is 24.6. The van der Waals surface area contributed by atoms with Crippen molar-refractivity contribution in [3.05, 3.63) is 48.0 Å². The average molecular weight is 557 g/mol. The van der Waals surface area contributed by atoms with Gasteiger partial charge in [0.25, 0.3) is 0 Å². The minimum absolute atomic E-state index is 0.157. The van der Waals surface area contributed by atoms with Crippen molar-refractivity contribution >= 4 is 35.1 Å². The van der Waals surface area contributed by atoms with E-state index in [0.29, 0.717) is 25.3 Å². The Bertz CT molecular complexity index is 1080. The maximum Gasteiger partial charge on any atom is 0.416 e. The number of hydrogen-bond acceptors (Lipinski definition) is 7. The van der Waals surface area contributed by atoms with E-state index < -0.39 is 23.7 Å². The van der Waals surface area contributed by atoms with Gasteiger partial charge in [-0.05, 0) is 62.6 Å². The van der Waals surface area contributed by atoms with Gasteiger partial charge in [0.2, 0.25) is 0 Å². The molecule has 1 fully saturated rings. The number of benzene rings is 2. The molecule has 8 nitrogen and oxygen atoms in total. The Labute approximate surface area is 223 Å². The topological polar surface area (TPSA) is 111 Å². The number of rotatable bonds is 8. The number of hydrogen-bond donors (Lipinski definition) is 3. The highest BCUT2D eigenvalue weighted by Gasteiger charge is 2.33. The fourth-order valence-electron chi connectivity index (χ4n) is 4.31. The zero-order valence-electron chi connectivity index (χ0n) is 20.7. The SMILES string of the molecule is O=C(O)C(=O)O.OCCCOC1CCN(CCCN2c3ccccc3Sc3ccc(C(F)(F)F)cc32)CC1. The van der Waals surface area contributed by atoms with Crippen LogP contribution in [-0.2, 0) is 20.5 Å². The van der Waals surface area contributed by atoms with Gasteiger partial charge in [0.15, 0.2) is 0 Å². The van der Waals surface area contributed by atoms with Gasteiger partial charge in [-0.1, -0.05) is 23.9 Å². The molecule has 0 radical (unpaired) electrons. The normalized spacial score (nSPS) is 15.7. The summed E-state index contributed by atoms with van der Waals surface area (Å²) < 4.78 is 45.9. The first-order valence-corrected chi connectivity index (χ1v) is 13.1. The summed E-state index contributed by atoms with van der Waals surface area (Å²) in [5.74, 6) is -3.65. The van der Waals surface area contributed by atoms with Crippen LogP contribution in [0.4, 0.5) is 24.5 Å². The van der Waals surface area contributed by atoms with Crippen LogP contribution < -0.4 is 4.90 Å². The van der Waals surface area contributed by atoms with E-state index in [-0.39, 0.29) is 12.7 Å². The molecular weight excluding hydrogens is 525 g/mol. The van der Waals surface area contributed by atoms with Gasteiger partial charge in [0.1, 0.15) is 0 Å². The highest BCUT2D eigenvalue weighted by molar-refractivity contribution is 7.99. The molecule has 0 saturated carbocycles. The van der Waals surface area contributed by atoms with Crippen LogP contribution in [0.15, 0.2) is 52.3 Å². The van der Waals surface area contributed by atoms with E-state index in [9.17, 15) is 13.2 Å². The number of aliphatic carboxylic acids is 2. The Morgan fingerprint density at radius 2 is 1.61 bits per heavy atom. The Hall–Kier alpha value is -2.80. The van der Waals surface area contributed by atoms with E-state index in [1.165, 1.54) is 23.9 Å². The van der Waals surface area contributed by atoms with Crippen molar-refractivity contribution in [3.8, 4) is 0 Å². The summed E-state index contributed by atoms with van der Waals surface area (Å²) in [6, 6.07) is 12.0. The molecule has 0 aliphatic carbocycles.